The normalized spacial score (nSPS) is 19.3. The summed E-state index contributed by atoms with van der Waals surface area (Å²) in [4.78, 5) is 28.4. The van der Waals surface area contributed by atoms with Crippen LogP contribution < -0.4 is 19.5 Å². The molecule has 0 fully saturated rings. The van der Waals surface area contributed by atoms with Crippen LogP contribution in [0.25, 0.3) is 0 Å². The number of methoxy groups -OCH3 is 3. The Morgan fingerprint density at radius 2 is 1.78 bits per heavy atom. The summed E-state index contributed by atoms with van der Waals surface area (Å²) in [6.07, 6.45) is 1.02. The Hall–Kier alpha value is -3.30. The van der Waals surface area contributed by atoms with Crippen LogP contribution in [0.15, 0.2) is 52.2 Å². The number of rotatable bonds is 10. The van der Waals surface area contributed by atoms with Crippen molar-refractivity contribution in [3.8, 4) is 17.2 Å². The third-order valence-corrected chi connectivity index (χ3v) is 7.74. The molecule has 8 nitrogen and oxygen atoms in total. The lowest BCUT2D eigenvalue weighted by atomic mass is 9.72. The number of dihydropyridines is 1. The van der Waals surface area contributed by atoms with E-state index in [1.165, 1.54) is 4.88 Å². The number of ketones is 1. The van der Waals surface area contributed by atoms with Crippen LogP contribution in [0.1, 0.15) is 49.0 Å². The maximum atomic E-state index is 13.8. The predicted octanol–water partition coefficient (Wildman–Crippen LogP) is 4.72. The summed E-state index contributed by atoms with van der Waals surface area (Å²) in [6.45, 7) is 4.65. The van der Waals surface area contributed by atoms with Gasteiger partial charge in [-0.3, -0.25) is 4.79 Å². The second-order valence-electron chi connectivity index (χ2n) is 8.81. The molecule has 0 bridgehead atoms. The van der Waals surface area contributed by atoms with Gasteiger partial charge in [-0.05, 0) is 37.8 Å². The Morgan fingerprint density at radius 1 is 1.05 bits per heavy atom. The third kappa shape index (κ3) is 5.38. The second-order valence-corrected chi connectivity index (χ2v) is 9.79. The lowest BCUT2D eigenvalue weighted by Crippen LogP contribution is -2.36. The lowest BCUT2D eigenvalue weighted by molar-refractivity contribution is -0.140. The Bertz CT molecular complexity index is 1220. The Kier molecular flexibility index (Phi) is 8.56. The SMILES string of the molecule is CCOCCOC(=O)C1=C(C)NC2=C(C(=O)C[C@@H](c3cccs3)C2)[C@H]1c1cc(OC)c(OC)cc1OC. The van der Waals surface area contributed by atoms with E-state index in [1.54, 1.807) is 44.8 Å². The number of allylic oxidation sites excluding steroid dienone is 3. The average molecular weight is 528 g/mol. The van der Waals surface area contributed by atoms with Crippen LogP contribution >= 0.6 is 11.3 Å². The third-order valence-electron chi connectivity index (χ3n) is 6.70. The largest absolute Gasteiger partial charge is 0.496 e. The van der Waals surface area contributed by atoms with Crippen molar-refractivity contribution in [1.82, 2.24) is 5.32 Å². The monoisotopic (exact) mass is 527 g/mol. The first-order chi connectivity index (χ1) is 17.9. The fourth-order valence-electron chi connectivity index (χ4n) is 5.04. The number of nitrogens with one attached hydrogen (secondary N) is 1. The van der Waals surface area contributed by atoms with E-state index in [1.807, 2.05) is 25.3 Å². The van der Waals surface area contributed by atoms with E-state index in [0.29, 0.717) is 65.7 Å². The van der Waals surface area contributed by atoms with Crippen molar-refractivity contribution in [2.45, 2.75) is 38.5 Å². The zero-order chi connectivity index (χ0) is 26.5. The van der Waals surface area contributed by atoms with E-state index in [2.05, 4.69) is 11.4 Å². The number of hydrogen-bond acceptors (Lipinski definition) is 9. The standard InChI is InChI=1S/C28H33NO7S/c1-6-35-9-10-36-28(31)25-16(2)29-19-12-17(24-8-7-11-37-24)13-20(30)27(19)26(25)18-14-22(33-4)23(34-5)15-21(18)32-3/h7-8,11,14-15,17,26,29H,6,9-10,12-13H2,1-5H3/t17-,26-/m0/s1. The van der Waals surface area contributed by atoms with E-state index < -0.39 is 11.9 Å². The van der Waals surface area contributed by atoms with Crippen LogP contribution in [-0.2, 0) is 19.1 Å². The summed E-state index contributed by atoms with van der Waals surface area (Å²) in [7, 11) is 4.64. The van der Waals surface area contributed by atoms with Crippen LogP contribution in [0.3, 0.4) is 0 Å². The summed E-state index contributed by atoms with van der Waals surface area (Å²) in [5, 5.41) is 5.40. The van der Waals surface area contributed by atoms with Crippen molar-refractivity contribution in [1.29, 1.82) is 0 Å². The van der Waals surface area contributed by atoms with Gasteiger partial charge in [0.05, 0.1) is 39.4 Å². The predicted molar refractivity (Wildman–Crippen MR) is 140 cm³/mol. The fraction of sp³-hybridized carbons (Fsp3) is 0.429. The van der Waals surface area contributed by atoms with Gasteiger partial charge >= 0.3 is 5.97 Å². The molecule has 2 aliphatic rings. The molecule has 2 aromatic rings. The van der Waals surface area contributed by atoms with Crippen LogP contribution in [0.5, 0.6) is 17.2 Å². The quantitative estimate of drug-likeness (QED) is 0.351. The molecule has 0 spiro atoms. The summed E-state index contributed by atoms with van der Waals surface area (Å²) in [5.74, 6) is 0.312. The lowest BCUT2D eigenvalue weighted by Gasteiger charge is -2.37. The number of benzene rings is 1. The Morgan fingerprint density at radius 3 is 2.43 bits per heavy atom. The second kappa shape index (κ2) is 11.8. The minimum absolute atomic E-state index is 0.0129. The molecule has 9 heteroatoms. The van der Waals surface area contributed by atoms with Gasteiger partial charge in [-0.15, -0.1) is 11.3 Å². The molecule has 1 aromatic heterocycles. The zero-order valence-corrected chi connectivity index (χ0v) is 22.7. The molecular weight excluding hydrogens is 494 g/mol. The average Bonchev–Trinajstić information content (AvgIpc) is 3.44. The van der Waals surface area contributed by atoms with Gasteiger partial charge < -0.3 is 29.0 Å². The van der Waals surface area contributed by atoms with Gasteiger partial charge in [0.25, 0.3) is 0 Å². The summed E-state index contributed by atoms with van der Waals surface area (Å²) >= 11 is 1.65. The van der Waals surface area contributed by atoms with Gasteiger partial charge in [-0.25, -0.2) is 4.79 Å². The maximum absolute atomic E-state index is 13.8. The molecule has 1 N–H and O–H groups in total. The molecule has 4 rings (SSSR count). The molecule has 1 aliphatic carbocycles. The van der Waals surface area contributed by atoms with Crippen LogP contribution in [0.2, 0.25) is 0 Å². The van der Waals surface area contributed by atoms with Gasteiger partial charge in [-0.1, -0.05) is 6.07 Å². The fourth-order valence-corrected chi connectivity index (χ4v) is 5.87. The molecule has 2 heterocycles. The van der Waals surface area contributed by atoms with E-state index in [-0.39, 0.29) is 18.3 Å². The molecule has 2 atom stereocenters. The molecule has 1 aromatic carbocycles. The van der Waals surface area contributed by atoms with Crippen molar-refractivity contribution < 1.29 is 33.3 Å². The van der Waals surface area contributed by atoms with Crippen molar-refractivity contribution in [2.75, 3.05) is 41.2 Å². The van der Waals surface area contributed by atoms with Gasteiger partial charge in [0, 0.05) is 52.4 Å². The highest BCUT2D eigenvalue weighted by atomic mass is 32.1. The van der Waals surface area contributed by atoms with Gasteiger partial charge in [0.1, 0.15) is 12.4 Å². The molecule has 37 heavy (non-hydrogen) atoms. The molecular formula is C28H33NO7S. The van der Waals surface area contributed by atoms with Crippen LogP contribution in [0.4, 0.5) is 0 Å². The topological polar surface area (TPSA) is 92.3 Å². The van der Waals surface area contributed by atoms with Crippen LogP contribution in [-0.4, -0.2) is 52.9 Å². The number of carbonyl (C=O) groups is 2. The smallest absolute Gasteiger partial charge is 0.336 e. The number of hydrogen-bond donors (Lipinski definition) is 1. The van der Waals surface area contributed by atoms with E-state index in [9.17, 15) is 9.59 Å². The Labute approximate surface area is 221 Å². The zero-order valence-electron chi connectivity index (χ0n) is 21.8. The first kappa shape index (κ1) is 26.8. The Balaban J connectivity index is 1.83. The maximum Gasteiger partial charge on any atom is 0.336 e. The highest BCUT2D eigenvalue weighted by Gasteiger charge is 2.43. The van der Waals surface area contributed by atoms with Crippen molar-refractivity contribution in [2.24, 2.45) is 0 Å². The summed E-state index contributed by atoms with van der Waals surface area (Å²) < 4.78 is 27.7. The van der Waals surface area contributed by atoms with E-state index >= 15 is 0 Å². The van der Waals surface area contributed by atoms with Crippen LogP contribution in [0, 0.1) is 0 Å². The van der Waals surface area contributed by atoms with E-state index in [0.717, 1.165) is 5.70 Å². The number of thiophene rings is 1. The van der Waals surface area contributed by atoms with Crippen molar-refractivity contribution >= 4 is 23.1 Å². The molecule has 1 aliphatic heterocycles. The van der Waals surface area contributed by atoms with Gasteiger partial charge in [-0.2, -0.15) is 0 Å². The molecule has 198 valence electrons. The number of esters is 1. The minimum atomic E-state index is -0.692. The molecule has 0 saturated heterocycles. The number of ether oxygens (including phenoxy) is 5. The molecule has 0 radical (unpaired) electrons. The first-order valence-electron chi connectivity index (χ1n) is 12.3. The first-order valence-corrected chi connectivity index (χ1v) is 13.1. The molecule has 0 saturated carbocycles. The van der Waals surface area contributed by atoms with Crippen molar-refractivity contribution in [3.05, 3.63) is 62.6 Å². The summed E-state index contributed by atoms with van der Waals surface area (Å²) in [5.41, 5.74) is 3.01. The van der Waals surface area contributed by atoms with Gasteiger partial charge in [0.2, 0.25) is 0 Å². The highest BCUT2D eigenvalue weighted by molar-refractivity contribution is 7.10. The highest BCUT2D eigenvalue weighted by Crippen LogP contribution is 2.50. The van der Waals surface area contributed by atoms with Crippen molar-refractivity contribution in [3.63, 3.8) is 0 Å². The summed E-state index contributed by atoms with van der Waals surface area (Å²) in [6, 6.07) is 7.56. The molecule has 0 unspecified atom stereocenters. The minimum Gasteiger partial charge on any atom is -0.496 e. The van der Waals surface area contributed by atoms with E-state index in [4.69, 9.17) is 23.7 Å². The molecule has 0 amide bonds. The number of carbonyl (C=O) groups excluding carboxylic acids is 2. The van der Waals surface area contributed by atoms with Gasteiger partial charge in [0.15, 0.2) is 17.3 Å². The number of Topliss-reactive ketones (excluding diaryl/α,β-unsaturated/α-hetero) is 1.